The number of hydrogen-bond donors (Lipinski definition) is 2. The van der Waals surface area contributed by atoms with Gasteiger partial charge in [-0.1, -0.05) is 59.6 Å². The molecule has 1 atom stereocenters. The number of nitrogens with zero attached hydrogens (tertiary/aromatic N) is 2. The van der Waals surface area contributed by atoms with E-state index in [0.29, 0.717) is 32.6 Å². The lowest BCUT2D eigenvalue weighted by atomic mass is 10.00. The summed E-state index contributed by atoms with van der Waals surface area (Å²) < 4.78 is 39.9. The summed E-state index contributed by atoms with van der Waals surface area (Å²) in [6.45, 7) is -0.199. The molecule has 36 heavy (non-hydrogen) atoms. The van der Waals surface area contributed by atoms with Crippen molar-refractivity contribution >= 4 is 57.8 Å². The Bertz CT molecular complexity index is 1360. The number of carbonyl (C=O) groups is 1. The van der Waals surface area contributed by atoms with Gasteiger partial charge in [0.25, 0.3) is 5.91 Å². The second-order valence-corrected chi connectivity index (χ2v) is 9.15. The van der Waals surface area contributed by atoms with Crippen molar-refractivity contribution in [1.82, 2.24) is 10.6 Å². The van der Waals surface area contributed by atoms with E-state index in [-0.39, 0.29) is 17.2 Å². The molecule has 4 rings (SSSR count). The van der Waals surface area contributed by atoms with Crippen LogP contribution >= 0.6 is 35.4 Å². The van der Waals surface area contributed by atoms with E-state index in [0.717, 1.165) is 6.07 Å². The number of benzene rings is 3. The van der Waals surface area contributed by atoms with Crippen LogP contribution in [0.4, 0.5) is 18.9 Å². The van der Waals surface area contributed by atoms with Gasteiger partial charge in [-0.25, -0.2) is 4.99 Å². The second kappa shape index (κ2) is 10.5. The van der Waals surface area contributed by atoms with Crippen molar-refractivity contribution in [2.24, 2.45) is 4.99 Å². The van der Waals surface area contributed by atoms with Gasteiger partial charge in [-0.15, -0.1) is 0 Å². The molecule has 3 aromatic rings. The number of halogens is 5. The van der Waals surface area contributed by atoms with Crippen LogP contribution in [0.2, 0.25) is 10.0 Å². The number of rotatable bonds is 4. The smallest absolute Gasteiger partial charge is 0.359 e. The largest absolute Gasteiger partial charge is 0.416 e. The number of fused-ring (bicyclic) bond motifs is 1. The van der Waals surface area contributed by atoms with E-state index in [1.807, 2.05) is 0 Å². The number of likely N-dealkylation sites (N-methyl/N-ethyl adjacent to an activating group) is 1. The van der Waals surface area contributed by atoms with Crippen LogP contribution in [0.1, 0.15) is 22.3 Å². The maximum Gasteiger partial charge on any atom is 0.416 e. The number of alkyl halides is 3. The third-order valence-electron chi connectivity index (χ3n) is 5.56. The molecule has 0 aromatic heterocycles. The molecule has 0 radical (unpaired) electrons. The number of nitrogens with one attached hydrogen (secondary N) is 2. The lowest BCUT2D eigenvalue weighted by Gasteiger charge is -2.22. The maximum absolute atomic E-state index is 13.3. The highest BCUT2D eigenvalue weighted by atomic mass is 35.5. The predicted molar refractivity (Wildman–Crippen MR) is 140 cm³/mol. The number of amides is 1. The van der Waals surface area contributed by atoms with Crippen LogP contribution in [0.3, 0.4) is 0 Å². The highest BCUT2D eigenvalue weighted by molar-refractivity contribution is 7.80. The fourth-order valence-electron chi connectivity index (χ4n) is 3.81. The number of anilines is 1. The van der Waals surface area contributed by atoms with Crippen LogP contribution in [0, 0.1) is 0 Å². The van der Waals surface area contributed by atoms with Crippen LogP contribution < -0.4 is 15.5 Å². The van der Waals surface area contributed by atoms with Gasteiger partial charge in [-0.05, 0) is 48.1 Å². The fraction of sp³-hybridized carbons (Fsp3) is 0.160. The number of hydrogen-bond acceptors (Lipinski definition) is 3. The van der Waals surface area contributed by atoms with Gasteiger partial charge >= 0.3 is 6.18 Å². The van der Waals surface area contributed by atoms with Crippen LogP contribution in [0.5, 0.6) is 0 Å². The van der Waals surface area contributed by atoms with E-state index in [4.69, 9.17) is 35.4 Å². The third-order valence-corrected chi connectivity index (χ3v) is 6.38. The predicted octanol–water partition coefficient (Wildman–Crippen LogP) is 5.82. The monoisotopic (exact) mass is 550 g/mol. The van der Waals surface area contributed by atoms with Crippen molar-refractivity contribution in [2.45, 2.75) is 18.9 Å². The van der Waals surface area contributed by atoms with Crippen molar-refractivity contribution in [1.29, 1.82) is 0 Å². The summed E-state index contributed by atoms with van der Waals surface area (Å²) in [5, 5.41) is 6.39. The first-order valence-corrected chi connectivity index (χ1v) is 11.8. The molecule has 1 aliphatic rings. The molecule has 0 aliphatic carbocycles. The molecular weight excluding hydrogens is 532 g/mol. The van der Waals surface area contributed by atoms with Gasteiger partial charge in [0.15, 0.2) is 5.11 Å². The molecule has 5 nitrogen and oxygen atoms in total. The molecule has 0 fully saturated rings. The molecule has 0 bridgehead atoms. The van der Waals surface area contributed by atoms with Crippen molar-refractivity contribution in [3.05, 3.63) is 99.0 Å². The van der Waals surface area contributed by atoms with E-state index < -0.39 is 23.8 Å². The quantitative estimate of drug-likeness (QED) is 0.402. The van der Waals surface area contributed by atoms with E-state index in [1.54, 1.807) is 49.5 Å². The Balaban J connectivity index is 1.65. The molecular formula is C25H19Cl2F3N4OS. The average Bonchev–Trinajstić information content (AvgIpc) is 2.93. The summed E-state index contributed by atoms with van der Waals surface area (Å²) >= 11 is 18.0. The van der Waals surface area contributed by atoms with Crippen LogP contribution in [-0.4, -0.2) is 29.9 Å². The van der Waals surface area contributed by atoms with Crippen molar-refractivity contribution in [3.8, 4) is 0 Å². The maximum atomic E-state index is 13.3. The summed E-state index contributed by atoms with van der Waals surface area (Å²) in [7, 11) is 1.59. The Morgan fingerprint density at radius 3 is 2.47 bits per heavy atom. The van der Waals surface area contributed by atoms with Crippen molar-refractivity contribution in [3.63, 3.8) is 0 Å². The molecule has 3 aromatic carbocycles. The summed E-state index contributed by atoms with van der Waals surface area (Å²) in [5.74, 6) is -0.430. The standard InChI is InChI=1S/C25H19Cl2F3N4OS/c1-34-20-11-10-15(26)12-17(20)21(16-7-3-5-9-19(16)27)32-22(23(34)35)33-24(36)31-13-14-6-2-4-8-18(14)25(28,29)30/h2-12,22H,13H2,1H3,(H2,31,33,36). The molecule has 2 N–H and O–H groups in total. The highest BCUT2D eigenvalue weighted by Crippen LogP contribution is 2.33. The Morgan fingerprint density at radius 1 is 1.06 bits per heavy atom. The summed E-state index contributed by atoms with van der Waals surface area (Å²) in [6.07, 6.45) is -5.68. The van der Waals surface area contributed by atoms with Gasteiger partial charge in [-0.3, -0.25) is 4.79 Å². The first-order chi connectivity index (χ1) is 17.1. The Labute approximate surface area is 220 Å². The van der Waals surface area contributed by atoms with Crippen molar-refractivity contribution < 1.29 is 18.0 Å². The van der Waals surface area contributed by atoms with Crippen molar-refractivity contribution in [2.75, 3.05) is 11.9 Å². The number of carbonyl (C=O) groups excluding carboxylic acids is 1. The summed E-state index contributed by atoms with van der Waals surface area (Å²) in [5.41, 5.74) is 1.39. The van der Waals surface area contributed by atoms with Crippen LogP contribution in [0.15, 0.2) is 71.7 Å². The molecule has 11 heteroatoms. The first-order valence-electron chi connectivity index (χ1n) is 10.7. The zero-order valence-electron chi connectivity index (χ0n) is 18.7. The third kappa shape index (κ3) is 5.48. The Morgan fingerprint density at radius 2 is 1.75 bits per heavy atom. The molecule has 0 spiro atoms. The van der Waals surface area contributed by atoms with Crippen LogP contribution in [0.25, 0.3) is 0 Å². The number of thiocarbonyl (C=S) groups is 1. The minimum atomic E-state index is -4.51. The van der Waals surface area contributed by atoms with Gasteiger partial charge in [0.1, 0.15) is 0 Å². The average molecular weight is 551 g/mol. The highest BCUT2D eigenvalue weighted by Gasteiger charge is 2.33. The fourth-order valence-corrected chi connectivity index (χ4v) is 4.39. The van der Waals surface area contributed by atoms with E-state index >= 15 is 0 Å². The Hall–Kier alpha value is -3.14. The zero-order chi connectivity index (χ0) is 26.0. The van der Waals surface area contributed by atoms with Gasteiger partial charge < -0.3 is 15.5 Å². The molecule has 1 amide bonds. The molecule has 0 saturated carbocycles. The minimum absolute atomic E-state index is 0.0146. The van der Waals surface area contributed by atoms with Gasteiger partial charge in [0.2, 0.25) is 6.17 Å². The number of benzodiazepines with no additional fused rings is 1. The lowest BCUT2D eigenvalue weighted by Crippen LogP contribution is -2.49. The zero-order valence-corrected chi connectivity index (χ0v) is 21.1. The second-order valence-electron chi connectivity index (χ2n) is 7.90. The molecule has 1 heterocycles. The van der Waals surface area contributed by atoms with Gasteiger partial charge in [0, 0.05) is 34.8 Å². The SMILES string of the molecule is CN1C(=O)C(NC(=S)NCc2ccccc2C(F)(F)F)N=C(c2ccccc2Cl)c2cc(Cl)ccc21. The summed E-state index contributed by atoms with van der Waals surface area (Å²) in [4.78, 5) is 19.4. The first kappa shape index (κ1) is 25.9. The minimum Gasteiger partial charge on any atom is -0.359 e. The lowest BCUT2D eigenvalue weighted by molar-refractivity contribution is -0.138. The van der Waals surface area contributed by atoms with Gasteiger partial charge in [0.05, 0.1) is 17.0 Å². The summed E-state index contributed by atoms with van der Waals surface area (Å²) in [6, 6.07) is 17.3. The molecule has 0 saturated heterocycles. The number of aliphatic imine (C=N–C) groups is 1. The topological polar surface area (TPSA) is 56.7 Å². The molecule has 186 valence electrons. The Kier molecular flexibility index (Phi) is 7.54. The van der Waals surface area contributed by atoms with E-state index in [9.17, 15) is 18.0 Å². The molecule has 1 aliphatic heterocycles. The normalized spacial score (nSPS) is 15.6. The van der Waals surface area contributed by atoms with Crippen LogP contribution in [-0.2, 0) is 17.5 Å². The van der Waals surface area contributed by atoms with Gasteiger partial charge in [-0.2, -0.15) is 13.2 Å². The molecule has 1 unspecified atom stereocenters. The van der Waals surface area contributed by atoms with E-state index in [1.165, 1.54) is 23.1 Å². The van der Waals surface area contributed by atoms with E-state index in [2.05, 4.69) is 15.6 Å².